The lowest BCUT2D eigenvalue weighted by atomic mass is 9.94. The summed E-state index contributed by atoms with van der Waals surface area (Å²) in [5.74, 6) is -1.83. The van der Waals surface area contributed by atoms with Gasteiger partial charge in [-0.25, -0.2) is 0 Å². The zero-order valence-corrected chi connectivity index (χ0v) is 19.9. The predicted octanol–water partition coefficient (Wildman–Crippen LogP) is 4.86. The number of benzene rings is 3. The quantitative estimate of drug-likeness (QED) is 0.188. The highest BCUT2D eigenvalue weighted by Gasteiger charge is 2.47. The number of hydrogen-bond donors (Lipinski definition) is 1. The first-order valence-electron chi connectivity index (χ1n) is 11.0. The normalized spacial score (nSPS) is 16.9. The number of aliphatic hydroxyl groups is 1. The summed E-state index contributed by atoms with van der Waals surface area (Å²) < 4.78 is 10.6. The predicted molar refractivity (Wildman–Crippen MR) is 131 cm³/mol. The van der Waals surface area contributed by atoms with Gasteiger partial charge in [-0.3, -0.25) is 19.3 Å². The van der Waals surface area contributed by atoms with E-state index in [0.29, 0.717) is 17.0 Å². The summed E-state index contributed by atoms with van der Waals surface area (Å²) >= 11 is 0. The number of nitrogens with zero attached hydrogens (tertiary/aromatic N) is 1. The van der Waals surface area contributed by atoms with E-state index in [-0.39, 0.29) is 22.6 Å². The van der Waals surface area contributed by atoms with E-state index in [1.54, 1.807) is 48.5 Å². The number of amides is 1. The first-order valence-corrected chi connectivity index (χ1v) is 11.0. The molecule has 0 saturated carbocycles. The minimum Gasteiger partial charge on any atom is -0.507 e. The molecule has 1 unspecified atom stereocenters. The number of ketones is 1. The van der Waals surface area contributed by atoms with Crippen LogP contribution in [0.5, 0.6) is 11.5 Å². The largest absolute Gasteiger partial charge is 0.507 e. The maximum absolute atomic E-state index is 13.4. The number of aliphatic hydroxyl groups excluding tert-OH is 1. The Morgan fingerprint density at radius 1 is 0.943 bits per heavy atom. The van der Waals surface area contributed by atoms with Crippen molar-refractivity contribution in [3.05, 3.63) is 94.6 Å². The Morgan fingerprint density at radius 3 is 2.29 bits per heavy atom. The molecule has 1 aliphatic rings. The van der Waals surface area contributed by atoms with Crippen LogP contribution in [0.25, 0.3) is 5.76 Å². The van der Waals surface area contributed by atoms with E-state index in [1.165, 1.54) is 18.9 Å². The molecule has 1 saturated heterocycles. The van der Waals surface area contributed by atoms with Gasteiger partial charge in [0.25, 0.3) is 11.7 Å². The van der Waals surface area contributed by atoms with Gasteiger partial charge >= 0.3 is 5.97 Å². The highest BCUT2D eigenvalue weighted by Crippen LogP contribution is 2.44. The smallest absolute Gasteiger partial charge is 0.308 e. The van der Waals surface area contributed by atoms with E-state index in [4.69, 9.17) is 9.47 Å². The molecule has 35 heavy (non-hydrogen) atoms. The Hall–Kier alpha value is -4.39. The summed E-state index contributed by atoms with van der Waals surface area (Å²) in [6.45, 7) is 5.09. The zero-order valence-electron chi connectivity index (χ0n) is 19.9. The Kier molecular flexibility index (Phi) is 6.42. The fourth-order valence-electron chi connectivity index (χ4n) is 4.40. The molecule has 3 aromatic carbocycles. The van der Waals surface area contributed by atoms with Crippen molar-refractivity contribution in [2.24, 2.45) is 0 Å². The number of aryl methyl sites for hydroxylation is 2. The third-order valence-electron chi connectivity index (χ3n) is 5.73. The molecule has 4 rings (SSSR count). The van der Waals surface area contributed by atoms with E-state index in [9.17, 15) is 19.5 Å². The summed E-state index contributed by atoms with van der Waals surface area (Å²) in [7, 11) is 1.46. The number of carbonyl (C=O) groups is 3. The first kappa shape index (κ1) is 23.8. The molecule has 1 fully saturated rings. The van der Waals surface area contributed by atoms with Crippen LogP contribution in [0.15, 0.2) is 72.3 Å². The van der Waals surface area contributed by atoms with Crippen molar-refractivity contribution in [3.63, 3.8) is 0 Å². The fraction of sp³-hybridized carbons (Fsp3) is 0.179. The topological polar surface area (TPSA) is 93.1 Å². The number of rotatable bonds is 5. The molecule has 1 atom stereocenters. The molecule has 7 heteroatoms. The molecule has 0 bridgehead atoms. The van der Waals surface area contributed by atoms with Crippen LogP contribution in [0.2, 0.25) is 0 Å². The molecule has 1 N–H and O–H groups in total. The molecular formula is C28H25NO6. The Morgan fingerprint density at radius 2 is 1.63 bits per heavy atom. The zero-order chi connectivity index (χ0) is 25.3. The van der Waals surface area contributed by atoms with E-state index in [0.717, 1.165) is 11.1 Å². The number of carbonyl (C=O) groups excluding carboxylic acids is 3. The van der Waals surface area contributed by atoms with Gasteiger partial charge in [0.2, 0.25) is 0 Å². The molecule has 0 aliphatic carbocycles. The number of anilines is 1. The maximum Gasteiger partial charge on any atom is 0.308 e. The van der Waals surface area contributed by atoms with Crippen LogP contribution >= 0.6 is 0 Å². The van der Waals surface area contributed by atoms with Crippen LogP contribution in [0.3, 0.4) is 0 Å². The van der Waals surface area contributed by atoms with Gasteiger partial charge in [-0.2, -0.15) is 0 Å². The number of para-hydroxylation sites is 1. The molecular weight excluding hydrogens is 446 g/mol. The van der Waals surface area contributed by atoms with Crippen molar-refractivity contribution in [1.29, 1.82) is 0 Å². The number of ether oxygens (including phenoxy) is 2. The highest BCUT2D eigenvalue weighted by molar-refractivity contribution is 6.51. The molecule has 3 aromatic rings. The van der Waals surface area contributed by atoms with E-state index >= 15 is 0 Å². The molecule has 1 aliphatic heterocycles. The standard InChI is InChI=1S/C28H25NO6/c1-16-12-17(2)14-20(13-16)29-25(19-8-7-9-21(15-19)35-18(3)30)24(27(32)28(29)33)26(31)22-10-5-6-11-23(22)34-4/h5-15,25,31H,1-4H3/b26-24+. The van der Waals surface area contributed by atoms with Gasteiger partial charge in [0.1, 0.15) is 17.3 Å². The summed E-state index contributed by atoms with van der Waals surface area (Å²) in [4.78, 5) is 39.7. The van der Waals surface area contributed by atoms with Gasteiger partial charge < -0.3 is 14.6 Å². The van der Waals surface area contributed by atoms with Crippen LogP contribution in [0, 0.1) is 13.8 Å². The SMILES string of the molecule is COc1ccccc1/C(O)=C1\C(=O)C(=O)N(c2cc(C)cc(C)c2)C1c1cccc(OC(C)=O)c1. The van der Waals surface area contributed by atoms with Gasteiger partial charge in [0.15, 0.2) is 0 Å². The van der Waals surface area contributed by atoms with Gasteiger partial charge in [0.05, 0.1) is 24.3 Å². The minimum atomic E-state index is -0.961. The molecule has 1 heterocycles. The highest BCUT2D eigenvalue weighted by atomic mass is 16.5. The number of esters is 1. The van der Waals surface area contributed by atoms with Gasteiger partial charge in [-0.15, -0.1) is 0 Å². The molecule has 178 valence electrons. The number of methoxy groups -OCH3 is 1. The summed E-state index contributed by atoms with van der Waals surface area (Å²) in [6, 6.07) is 17.9. The number of Topliss-reactive ketones (excluding diaryl/α,β-unsaturated/α-hetero) is 1. The average molecular weight is 472 g/mol. The maximum atomic E-state index is 13.4. The third kappa shape index (κ3) is 4.53. The van der Waals surface area contributed by atoms with Crippen LogP contribution in [-0.4, -0.2) is 29.9 Å². The van der Waals surface area contributed by atoms with E-state index in [2.05, 4.69) is 0 Å². The minimum absolute atomic E-state index is 0.0846. The summed E-state index contributed by atoms with van der Waals surface area (Å²) in [6.07, 6.45) is 0. The second-order valence-electron chi connectivity index (χ2n) is 8.38. The first-order chi connectivity index (χ1) is 16.7. The van der Waals surface area contributed by atoms with Crippen molar-refractivity contribution in [2.45, 2.75) is 26.8 Å². The lowest BCUT2D eigenvalue weighted by Gasteiger charge is -2.26. The van der Waals surface area contributed by atoms with Gasteiger partial charge in [-0.1, -0.05) is 30.3 Å². The van der Waals surface area contributed by atoms with Crippen molar-refractivity contribution < 1.29 is 29.0 Å². The second-order valence-corrected chi connectivity index (χ2v) is 8.38. The molecule has 0 radical (unpaired) electrons. The molecule has 0 spiro atoms. The van der Waals surface area contributed by atoms with Crippen molar-refractivity contribution in [1.82, 2.24) is 0 Å². The Bertz CT molecular complexity index is 1350. The molecule has 0 aromatic heterocycles. The van der Waals surface area contributed by atoms with Gasteiger partial charge in [-0.05, 0) is 66.9 Å². The van der Waals surface area contributed by atoms with E-state index in [1.807, 2.05) is 32.0 Å². The van der Waals surface area contributed by atoms with Crippen LogP contribution in [0.1, 0.15) is 35.2 Å². The monoisotopic (exact) mass is 471 g/mol. The van der Waals surface area contributed by atoms with Crippen molar-refractivity contribution in [3.8, 4) is 11.5 Å². The fourth-order valence-corrected chi connectivity index (χ4v) is 4.40. The van der Waals surface area contributed by atoms with E-state index < -0.39 is 23.7 Å². The van der Waals surface area contributed by atoms with Crippen LogP contribution in [0.4, 0.5) is 5.69 Å². The van der Waals surface area contributed by atoms with Crippen LogP contribution in [-0.2, 0) is 14.4 Å². The lowest BCUT2D eigenvalue weighted by molar-refractivity contribution is -0.132. The Labute approximate surface area is 203 Å². The summed E-state index contributed by atoms with van der Waals surface area (Å²) in [5.41, 5.74) is 3.05. The van der Waals surface area contributed by atoms with Crippen molar-refractivity contribution in [2.75, 3.05) is 12.0 Å². The van der Waals surface area contributed by atoms with Crippen molar-refractivity contribution >= 4 is 29.1 Å². The molecule has 7 nitrogen and oxygen atoms in total. The third-order valence-corrected chi connectivity index (χ3v) is 5.73. The lowest BCUT2D eigenvalue weighted by Crippen LogP contribution is -2.29. The average Bonchev–Trinajstić information content (AvgIpc) is 3.08. The summed E-state index contributed by atoms with van der Waals surface area (Å²) in [5, 5.41) is 11.4. The van der Waals surface area contributed by atoms with Crippen LogP contribution < -0.4 is 14.4 Å². The molecule has 1 amide bonds. The Balaban J connectivity index is 1.99. The van der Waals surface area contributed by atoms with Gasteiger partial charge in [0, 0.05) is 12.6 Å². The number of hydrogen-bond acceptors (Lipinski definition) is 6. The second kappa shape index (κ2) is 9.46.